The van der Waals surface area contributed by atoms with Gasteiger partial charge in [0.2, 0.25) is 0 Å². The molecule has 1 aromatic carbocycles. The number of halogens is 3. The summed E-state index contributed by atoms with van der Waals surface area (Å²) in [5.41, 5.74) is 3.41. The number of hydrogen-bond acceptors (Lipinski definition) is 2. The number of fused-ring (bicyclic) bond motifs is 3. The fraction of sp³-hybridized carbons (Fsp3) is 0.600. The van der Waals surface area contributed by atoms with Crippen molar-refractivity contribution in [3.05, 3.63) is 47.3 Å². The molecule has 2 heterocycles. The summed E-state index contributed by atoms with van der Waals surface area (Å²) in [7, 11) is 2.22. The third-order valence-corrected chi connectivity index (χ3v) is 7.45. The molecule has 3 rings (SSSR count). The molecule has 36 heavy (non-hydrogen) atoms. The Morgan fingerprint density at radius 3 is 2.22 bits per heavy atom. The van der Waals surface area contributed by atoms with E-state index in [0.29, 0.717) is 5.69 Å². The highest BCUT2D eigenvalue weighted by Gasteiger charge is 2.39. The smallest absolute Gasteiger partial charge is 0.355 e. The van der Waals surface area contributed by atoms with E-state index >= 15 is 0 Å². The Hall–Kier alpha value is -2.21. The minimum absolute atomic E-state index is 0.263. The zero-order valence-corrected chi connectivity index (χ0v) is 22.7. The van der Waals surface area contributed by atoms with Crippen LogP contribution in [0.1, 0.15) is 88.5 Å². The lowest BCUT2D eigenvalue weighted by Crippen LogP contribution is -2.20. The van der Waals surface area contributed by atoms with Crippen LogP contribution in [0.4, 0.5) is 18.9 Å². The average molecular weight is 504 g/mol. The highest BCUT2D eigenvalue weighted by Crippen LogP contribution is 2.46. The van der Waals surface area contributed by atoms with Crippen LogP contribution in [0.2, 0.25) is 0 Å². The molecule has 0 unspecified atom stereocenters. The van der Waals surface area contributed by atoms with E-state index in [1.54, 1.807) is 6.07 Å². The molecular formula is C30H44F3N3. The first kappa shape index (κ1) is 28.4. The molecule has 6 heteroatoms. The quantitative estimate of drug-likeness (QED) is 0.260. The van der Waals surface area contributed by atoms with Crippen molar-refractivity contribution in [2.75, 3.05) is 25.5 Å². The van der Waals surface area contributed by atoms with Gasteiger partial charge in [0.25, 0.3) is 0 Å². The molecule has 1 aliphatic heterocycles. The zero-order chi connectivity index (χ0) is 26.3. The Bertz CT molecular complexity index is 1060. The molecular weight excluding hydrogens is 459 g/mol. The number of aromatic nitrogens is 1. The lowest BCUT2D eigenvalue weighted by Gasteiger charge is -2.24. The summed E-state index contributed by atoms with van der Waals surface area (Å²) < 4.78 is 44.2. The number of hydrogen-bond donors (Lipinski definition) is 1. The van der Waals surface area contributed by atoms with Gasteiger partial charge < -0.3 is 14.8 Å². The molecule has 1 N–H and O–H groups in total. The molecule has 1 aromatic heterocycles. The molecule has 0 saturated carbocycles. The van der Waals surface area contributed by atoms with Gasteiger partial charge in [-0.2, -0.15) is 13.2 Å². The summed E-state index contributed by atoms with van der Waals surface area (Å²) in [6.45, 7) is 13.3. The number of benzene rings is 1. The molecule has 0 fully saturated rings. The third kappa shape index (κ3) is 6.76. The Balaban J connectivity index is 1.61. The maximum absolute atomic E-state index is 14.0. The summed E-state index contributed by atoms with van der Waals surface area (Å²) in [6, 6.07) is 3.74. The van der Waals surface area contributed by atoms with E-state index in [9.17, 15) is 13.2 Å². The number of nitrogens with one attached hydrogen (secondary N) is 1. The standard InChI is InChI=1S/C30H44F3N3/c1-6-8-18-35(5)19-14-12-10-9-11-13-15-20-36-26(7-2)23(4)28-27(36)17-16-25-29(28)24(30(31,32)33)21-22(3)34-25/h16-17,21,34H,3,6-15,18-20H2,1-2,4-5H3. The van der Waals surface area contributed by atoms with Gasteiger partial charge in [0.1, 0.15) is 0 Å². The Labute approximate surface area is 215 Å². The van der Waals surface area contributed by atoms with E-state index in [-0.39, 0.29) is 11.3 Å². The Morgan fingerprint density at radius 2 is 1.58 bits per heavy atom. The molecule has 0 spiro atoms. The lowest BCUT2D eigenvalue weighted by molar-refractivity contribution is -0.0688. The second-order valence-electron chi connectivity index (χ2n) is 10.3. The van der Waals surface area contributed by atoms with E-state index in [1.807, 2.05) is 13.0 Å². The molecule has 0 atom stereocenters. The first-order valence-electron chi connectivity index (χ1n) is 13.8. The van der Waals surface area contributed by atoms with Gasteiger partial charge in [-0.15, -0.1) is 0 Å². The molecule has 0 saturated heterocycles. The number of allylic oxidation sites excluding steroid dienone is 2. The van der Waals surface area contributed by atoms with Crippen LogP contribution in [-0.2, 0) is 13.0 Å². The van der Waals surface area contributed by atoms with Crippen molar-refractivity contribution in [2.24, 2.45) is 0 Å². The summed E-state index contributed by atoms with van der Waals surface area (Å²) in [6.07, 6.45) is 8.55. The SMILES string of the molecule is C=C1C=C(C(F)(F)F)c2c(ccc3c2c(C)c(CC)n3CCCCCCCCCN(C)CCCC)N1. The van der Waals surface area contributed by atoms with Crippen molar-refractivity contribution >= 4 is 22.2 Å². The highest BCUT2D eigenvalue weighted by molar-refractivity contribution is 6.04. The van der Waals surface area contributed by atoms with Gasteiger partial charge in [0, 0.05) is 40.1 Å². The number of nitrogens with zero attached hydrogens (tertiary/aromatic N) is 2. The van der Waals surface area contributed by atoms with E-state index < -0.39 is 11.7 Å². The van der Waals surface area contributed by atoms with Crippen molar-refractivity contribution in [2.45, 2.75) is 97.7 Å². The molecule has 0 amide bonds. The first-order valence-corrected chi connectivity index (χ1v) is 13.8. The van der Waals surface area contributed by atoms with Crippen molar-refractivity contribution in [3.8, 4) is 0 Å². The normalized spacial score (nSPS) is 13.9. The average Bonchev–Trinajstić information content (AvgIpc) is 3.11. The van der Waals surface area contributed by atoms with Gasteiger partial charge in [-0.1, -0.05) is 59.0 Å². The van der Waals surface area contributed by atoms with Gasteiger partial charge in [0.15, 0.2) is 0 Å². The van der Waals surface area contributed by atoms with Crippen molar-refractivity contribution < 1.29 is 13.2 Å². The van der Waals surface area contributed by atoms with Crippen LogP contribution in [0.15, 0.2) is 30.5 Å². The van der Waals surface area contributed by atoms with Gasteiger partial charge in [-0.25, -0.2) is 0 Å². The predicted octanol–water partition coefficient (Wildman–Crippen LogP) is 8.86. The first-order chi connectivity index (χ1) is 17.2. The van der Waals surface area contributed by atoms with E-state index in [1.165, 1.54) is 58.0 Å². The fourth-order valence-corrected chi connectivity index (χ4v) is 5.54. The zero-order valence-electron chi connectivity index (χ0n) is 22.7. The van der Waals surface area contributed by atoms with Gasteiger partial charge >= 0.3 is 6.18 Å². The largest absolute Gasteiger partial charge is 0.417 e. The number of rotatable bonds is 14. The number of anilines is 1. The van der Waals surface area contributed by atoms with Crippen LogP contribution in [0, 0.1) is 6.92 Å². The van der Waals surface area contributed by atoms with Crippen LogP contribution >= 0.6 is 0 Å². The second kappa shape index (κ2) is 12.8. The maximum atomic E-state index is 14.0. The summed E-state index contributed by atoms with van der Waals surface area (Å²) in [5.74, 6) is 0. The van der Waals surface area contributed by atoms with Crippen LogP contribution in [0.3, 0.4) is 0 Å². The molecule has 200 valence electrons. The topological polar surface area (TPSA) is 20.2 Å². The van der Waals surface area contributed by atoms with Gasteiger partial charge in [-0.3, -0.25) is 0 Å². The summed E-state index contributed by atoms with van der Waals surface area (Å²) in [4.78, 5) is 2.44. The van der Waals surface area contributed by atoms with Crippen molar-refractivity contribution in [3.63, 3.8) is 0 Å². The molecule has 0 bridgehead atoms. The Morgan fingerprint density at radius 1 is 0.944 bits per heavy atom. The third-order valence-electron chi connectivity index (χ3n) is 7.45. The van der Waals surface area contributed by atoms with Crippen LogP contribution < -0.4 is 5.32 Å². The maximum Gasteiger partial charge on any atom is 0.417 e. The summed E-state index contributed by atoms with van der Waals surface area (Å²) in [5, 5.41) is 3.76. The van der Waals surface area contributed by atoms with Crippen LogP contribution in [0.5, 0.6) is 0 Å². The van der Waals surface area contributed by atoms with Crippen molar-refractivity contribution in [1.29, 1.82) is 0 Å². The molecule has 3 nitrogen and oxygen atoms in total. The lowest BCUT2D eigenvalue weighted by atomic mass is 9.93. The van der Waals surface area contributed by atoms with Gasteiger partial charge in [0.05, 0.1) is 5.57 Å². The van der Waals surface area contributed by atoms with E-state index in [4.69, 9.17) is 0 Å². The van der Waals surface area contributed by atoms with Crippen LogP contribution in [-0.4, -0.2) is 35.8 Å². The van der Waals surface area contributed by atoms with Gasteiger partial charge in [-0.05, 0) is 76.5 Å². The number of unbranched alkanes of at least 4 members (excludes halogenated alkanes) is 7. The monoisotopic (exact) mass is 503 g/mol. The summed E-state index contributed by atoms with van der Waals surface area (Å²) >= 11 is 0. The number of alkyl halides is 3. The Kier molecular flexibility index (Phi) is 10.1. The fourth-order valence-electron chi connectivity index (χ4n) is 5.54. The highest BCUT2D eigenvalue weighted by atomic mass is 19.4. The van der Waals surface area contributed by atoms with E-state index in [2.05, 4.69) is 42.3 Å². The minimum Gasteiger partial charge on any atom is -0.355 e. The molecule has 2 aromatic rings. The molecule has 0 aliphatic carbocycles. The van der Waals surface area contributed by atoms with Crippen molar-refractivity contribution in [1.82, 2.24) is 9.47 Å². The molecule has 1 aliphatic rings. The molecule has 0 radical (unpaired) electrons. The second-order valence-corrected chi connectivity index (χ2v) is 10.3. The van der Waals surface area contributed by atoms with E-state index in [0.717, 1.165) is 54.0 Å². The predicted molar refractivity (Wildman–Crippen MR) is 148 cm³/mol. The minimum atomic E-state index is -4.43. The number of aryl methyl sites for hydroxylation is 2. The van der Waals surface area contributed by atoms with Crippen LogP contribution in [0.25, 0.3) is 16.5 Å².